The van der Waals surface area contributed by atoms with Gasteiger partial charge in [0.1, 0.15) is 11.6 Å². The fraction of sp³-hybridized carbons (Fsp3) is 0. The average Bonchev–Trinajstić information content (AvgIpc) is 4.10. The number of anilines is 12. The summed E-state index contributed by atoms with van der Waals surface area (Å²) in [7, 11) is 0. The van der Waals surface area contributed by atoms with Crippen LogP contribution in [0.2, 0.25) is 0 Å². The molecule has 0 spiro atoms. The number of hydrogen-bond donors (Lipinski definition) is 0. The molecule has 76 heavy (non-hydrogen) atoms. The van der Waals surface area contributed by atoms with Crippen molar-refractivity contribution in [2.24, 2.45) is 0 Å². The van der Waals surface area contributed by atoms with Crippen molar-refractivity contribution in [3.8, 4) is 34.2 Å². The lowest BCUT2D eigenvalue weighted by atomic mass is 10.0. The molecule has 0 aliphatic carbocycles. The molecule has 2 aliphatic rings. The van der Waals surface area contributed by atoms with Crippen LogP contribution in [0.15, 0.2) is 279 Å². The first kappa shape index (κ1) is 43.2. The summed E-state index contributed by atoms with van der Waals surface area (Å²) < 4.78 is 4.55. The molecule has 0 unspecified atom stereocenters. The fourth-order valence-electron chi connectivity index (χ4n) is 11.4. The number of hydrogen-bond acceptors (Lipinski definition) is 6. The molecule has 0 fully saturated rings. The van der Waals surface area contributed by atoms with E-state index in [0.29, 0.717) is 0 Å². The van der Waals surface area contributed by atoms with Gasteiger partial charge in [-0.2, -0.15) is 0 Å². The summed E-state index contributed by atoms with van der Waals surface area (Å²) in [4.78, 5) is 20.4. The Morgan fingerprint density at radius 1 is 0.211 bits per heavy atom. The summed E-state index contributed by atoms with van der Waals surface area (Å²) in [5.41, 5.74) is 21.0. The molecule has 0 radical (unpaired) electrons. The van der Waals surface area contributed by atoms with Crippen molar-refractivity contribution >= 4 is 90.3 Å². The van der Waals surface area contributed by atoms with Crippen molar-refractivity contribution in [1.82, 2.24) is 19.1 Å². The Morgan fingerprint density at radius 3 is 0.697 bits per heavy atom. The monoisotopic (exact) mass is 974 g/mol. The maximum atomic E-state index is 5.50. The Morgan fingerprint density at radius 2 is 0.434 bits per heavy atom. The predicted molar refractivity (Wildman–Crippen MR) is 312 cm³/mol. The van der Waals surface area contributed by atoms with Gasteiger partial charge in [-0.1, -0.05) is 121 Å². The number of rotatable bonds is 8. The highest BCUT2D eigenvalue weighted by Gasteiger charge is 2.32. The number of imidazole rings is 2. The van der Waals surface area contributed by atoms with Gasteiger partial charge in [0.05, 0.1) is 67.6 Å². The molecule has 2 aromatic heterocycles. The molecule has 358 valence electrons. The van der Waals surface area contributed by atoms with Gasteiger partial charge in [0.15, 0.2) is 0 Å². The summed E-state index contributed by atoms with van der Waals surface area (Å²) in [6.45, 7) is 0. The third-order valence-corrected chi connectivity index (χ3v) is 14.7. The lowest BCUT2D eigenvalue weighted by molar-refractivity contribution is 1.10. The van der Waals surface area contributed by atoms with Crippen molar-refractivity contribution in [2.75, 3.05) is 19.6 Å². The quantitative estimate of drug-likeness (QED) is 0.151. The Kier molecular flexibility index (Phi) is 10.0. The van der Waals surface area contributed by atoms with Gasteiger partial charge in [-0.05, 0) is 158 Å². The standard InChI is InChI=1S/C68H46N8/c1-5-21-49(22-6-1)71-57-29-13-17-33-61(57)73(62-34-18-14-30-58(62)71)53-41-37-47(38-42-53)67-69-55-45-66-56(46-65(55)75(67)51-25-9-3-10-26-51)70-68(76(66)52-27-11-4-12-28-52)48-39-43-54(44-40-48)74-63-35-19-15-31-59(63)72(50-23-7-2-8-24-50)60-32-16-20-36-64(60)74/h1-46H. The third kappa shape index (κ3) is 6.92. The molecule has 0 saturated heterocycles. The summed E-state index contributed by atoms with van der Waals surface area (Å²) in [5.74, 6) is 1.70. The van der Waals surface area contributed by atoms with Gasteiger partial charge in [0, 0.05) is 45.3 Å². The number of para-hydroxylation sites is 12. The van der Waals surface area contributed by atoms with Crippen LogP contribution in [-0.4, -0.2) is 19.1 Å². The molecular weight excluding hydrogens is 929 g/mol. The smallest absolute Gasteiger partial charge is 0.145 e. The van der Waals surface area contributed by atoms with E-state index in [2.05, 4.69) is 308 Å². The van der Waals surface area contributed by atoms with Crippen LogP contribution in [0.4, 0.5) is 68.2 Å². The van der Waals surface area contributed by atoms with E-state index in [9.17, 15) is 0 Å². The van der Waals surface area contributed by atoms with Gasteiger partial charge in [0.25, 0.3) is 0 Å². The van der Waals surface area contributed by atoms with Crippen LogP contribution in [0, 0.1) is 0 Å². The van der Waals surface area contributed by atoms with Gasteiger partial charge >= 0.3 is 0 Å². The van der Waals surface area contributed by atoms with E-state index in [1.807, 2.05) is 0 Å². The molecule has 11 aromatic carbocycles. The van der Waals surface area contributed by atoms with E-state index in [1.165, 1.54) is 0 Å². The van der Waals surface area contributed by atoms with Crippen LogP contribution in [0.3, 0.4) is 0 Å². The lowest BCUT2D eigenvalue weighted by Gasteiger charge is -2.40. The topological polar surface area (TPSA) is 48.6 Å². The van der Waals surface area contributed by atoms with Crippen LogP contribution < -0.4 is 19.6 Å². The average molecular weight is 975 g/mol. The molecule has 8 nitrogen and oxygen atoms in total. The Bertz CT molecular complexity index is 3910. The predicted octanol–water partition coefficient (Wildman–Crippen LogP) is 18.2. The molecule has 0 amide bonds. The molecule has 0 atom stereocenters. The first-order valence-electron chi connectivity index (χ1n) is 25.7. The minimum Gasteiger partial charge on any atom is -0.306 e. The SMILES string of the molecule is c1ccc(N2c3ccccc3N(c3ccc(-c4nc5cc6c(cc5n4-c4ccccc4)nc(-c4ccc(N5c7ccccc7N(c7ccccc7)c7ccccc75)cc4)n6-c4ccccc4)cc3)c3ccccc32)cc1. The number of nitrogens with zero attached hydrogens (tertiary/aromatic N) is 8. The van der Waals surface area contributed by atoms with Gasteiger partial charge < -0.3 is 19.6 Å². The van der Waals surface area contributed by atoms with Crippen LogP contribution >= 0.6 is 0 Å². The van der Waals surface area contributed by atoms with E-state index in [4.69, 9.17) is 9.97 Å². The van der Waals surface area contributed by atoms with Crippen molar-refractivity contribution in [3.63, 3.8) is 0 Å². The second-order valence-corrected chi connectivity index (χ2v) is 19.1. The van der Waals surface area contributed by atoms with Gasteiger partial charge in [-0.25, -0.2) is 9.97 Å². The van der Waals surface area contributed by atoms with Crippen LogP contribution in [0.5, 0.6) is 0 Å². The van der Waals surface area contributed by atoms with E-state index in [1.54, 1.807) is 0 Å². The van der Waals surface area contributed by atoms with E-state index in [0.717, 1.165) is 124 Å². The molecule has 2 aliphatic heterocycles. The Hall–Kier alpha value is -10.4. The summed E-state index contributed by atoms with van der Waals surface area (Å²) >= 11 is 0. The molecule has 0 saturated carbocycles. The van der Waals surface area contributed by atoms with E-state index < -0.39 is 0 Å². The van der Waals surface area contributed by atoms with Crippen molar-refractivity contribution in [2.45, 2.75) is 0 Å². The lowest BCUT2D eigenvalue weighted by Crippen LogP contribution is -2.23. The van der Waals surface area contributed by atoms with Crippen molar-refractivity contribution < 1.29 is 0 Å². The third-order valence-electron chi connectivity index (χ3n) is 14.7. The van der Waals surface area contributed by atoms with Crippen molar-refractivity contribution in [3.05, 3.63) is 279 Å². The largest absolute Gasteiger partial charge is 0.306 e. The number of aromatic nitrogens is 4. The summed E-state index contributed by atoms with van der Waals surface area (Å²) in [5, 5.41) is 0. The summed E-state index contributed by atoms with van der Waals surface area (Å²) in [6.07, 6.45) is 0. The molecule has 0 bridgehead atoms. The van der Waals surface area contributed by atoms with Crippen LogP contribution in [0.25, 0.3) is 56.2 Å². The first-order chi connectivity index (χ1) is 37.7. The highest BCUT2D eigenvalue weighted by atomic mass is 15.3. The van der Waals surface area contributed by atoms with Gasteiger partial charge in [-0.3, -0.25) is 9.13 Å². The molecule has 0 N–H and O–H groups in total. The normalized spacial score (nSPS) is 12.6. The molecule has 8 heteroatoms. The molecule has 15 rings (SSSR count). The highest BCUT2D eigenvalue weighted by molar-refractivity contribution is 6.04. The zero-order chi connectivity index (χ0) is 50.1. The molecule has 13 aromatic rings. The second kappa shape index (κ2) is 17.7. The van der Waals surface area contributed by atoms with E-state index in [-0.39, 0.29) is 0 Å². The van der Waals surface area contributed by atoms with Crippen molar-refractivity contribution in [1.29, 1.82) is 0 Å². The zero-order valence-corrected chi connectivity index (χ0v) is 41.1. The minimum absolute atomic E-state index is 0.852. The number of benzene rings is 11. The van der Waals surface area contributed by atoms with Crippen LogP contribution in [0.1, 0.15) is 0 Å². The molecule has 4 heterocycles. The van der Waals surface area contributed by atoms with Gasteiger partial charge in [-0.15, -0.1) is 0 Å². The second-order valence-electron chi connectivity index (χ2n) is 19.1. The highest BCUT2D eigenvalue weighted by Crippen LogP contribution is 2.56. The van der Waals surface area contributed by atoms with E-state index >= 15 is 0 Å². The summed E-state index contributed by atoms with van der Waals surface area (Å²) in [6, 6.07) is 98.9. The maximum Gasteiger partial charge on any atom is 0.145 e. The Labute approximate surface area is 440 Å². The van der Waals surface area contributed by atoms with Gasteiger partial charge in [0.2, 0.25) is 0 Å². The number of fused-ring (bicyclic) bond motifs is 6. The minimum atomic E-state index is 0.852. The Balaban J connectivity index is 0.835. The first-order valence-corrected chi connectivity index (χ1v) is 25.7. The molecular formula is C68H46N8. The zero-order valence-electron chi connectivity index (χ0n) is 41.1. The van der Waals surface area contributed by atoms with Crippen LogP contribution in [-0.2, 0) is 0 Å². The maximum absolute atomic E-state index is 5.50. The fourth-order valence-corrected chi connectivity index (χ4v) is 11.4.